The molecule has 2 amide bonds. The molecule has 0 radical (unpaired) electrons. The van der Waals surface area contributed by atoms with Gasteiger partial charge in [0.25, 0.3) is 5.91 Å². The van der Waals surface area contributed by atoms with Crippen LogP contribution in [0.4, 0.5) is 0 Å². The molecule has 0 saturated heterocycles. The number of phenols is 1. The van der Waals surface area contributed by atoms with Crippen molar-refractivity contribution in [1.82, 2.24) is 10.6 Å². The highest BCUT2D eigenvalue weighted by Crippen LogP contribution is 2.14. The molecule has 0 saturated carbocycles. The monoisotopic (exact) mass is 310 g/mol. The predicted octanol–water partition coefficient (Wildman–Crippen LogP) is -0.834. The summed E-state index contributed by atoms with van der Waals surface area (Å²) < 4.78 is 0. The van der Waals surface area contributed by atoms with Crippen molar-refractivity contribution in [2.45, 2.75) is 12.5 Å². The summed E-state index contributed by atoms with van der Waals surface area (Å²) in [6.45, 7) is -0.559. The first-order valence-corrected chi connectivity index (χ1v) is 6.11. The van der Waals surface area contributed by atoms with Crippen LogP contribution in [0.15, 0.2) is 24.3 Å². The number of hydrogen-bond donors (Lipinski definition) is 5. The number of carbonyl (C=O) groups excluding carboxylic acids is 2. The van der Waals surface area contributed by atoms with Crippen molar-refractivity contribution in [2.75, 3.05) is 6.54 Å². The SMILES string of the molecule is O=C(O)C[C@H](NC(=O)CNC(=O)c1ccccc1O)C(=O)O. The summed E-state index contributed by atoms with van der Waals surface area (Å²) in [5.41, 5.74) is -0.0457. The van der Waals surface area contributed by atoms with Gasteiger partial charge < -0.3 is 26.0 Å². The summed E-state index contributed by atoms with van der Waals surface area (Å²) in [5.74, 6) is -4.74. The van der Waals surface area contributed by atoms with Crippen LogP contribution in [-0.4, -0.2) is 51.7 Å². The third-order valence-corrected chi connectivity index (χ3v) is 2.57. The van der Waals surface area contributed by atoms with E-state index in [0.717, 1.165) is 0 Å². The molecule has 0 heterocycles. The molecule has 22 heavy (non-hydrogen) atoms. The lowest BCUT2D eigenvalue weighted by Gasteiger charge is -2.13. The molecule has 9 nitrogen and oxygen atoms in total. The summed E-state index contributed by atoms with van der Waals surface area (Å²) in [6, 6.07) is 4.08. The van der Waals surface area contributed by atoms with Crippen molar-refractivity contribution >= 4 is 23.8 Å². The average molecular weight is 310 g/mol. The smallest absolute Gasteiger partial charge is 0.326 e. The number of amides is 2. The zero-order chi connectivity index (χ0) is 16.7. The van der Waals surface area contributed by atoms with Crippen molar-refractivity contribution in [3.63, 3.8) is 0 Å². The van der Waals surface area contributed by atoms with Crippen molar-refractivity contribution in [3.05, 3.63) is 29.8 Å². The first kappa shape index (κ1) is 17.0. The number of para-hydroxylation sites is 1. The Bertz CT molecular complexity index is 600. The maximum absolute atomic E-state index is 11.7. The van der Waals surface area contributed by atoms with Gasteiger partial charge in [-0.25, -0.2) is 4.79 Å². The lowest BCUT2D eigenvalue weighted by atomic mass is 10.2. The molecule has 0 aromatic heterocycles. The molecule has 0 aliphatic carbocycles. The molecule has 9 heteroatoms. The third kappa shape index (κ3) is 5.12. The molecule has 5 N–H and O–H groups in total. The highest BCUT2D eigenvalue weighted by Gasteiger charge is 2.23. The Kier molecular flexibility index (Phi) is 5.87. The van der Waals surface area contributed by atoms with E-state index in [0.29, 0.717) is 0 Å². The van der Waals surface area contributed by atoms with E-state index in [1.807, 2.05) is 5.32 Å². The van der Waals surface area contributed by atoms with E-state index in [2.05, 4.69) is 5.32 Å². The number of carboxylic acid groups (broad SMARTS) is 2. The number of benzene rings is 1. The fourth-order valence-electron chi connectivity index (χ4n) is 1.54. The maximum atomic E-state index is 11.7. The number of aromatic hydroxyl groups is 1. The number of hydrogen-bond acceptors (Lipinski definition) is 5. The Morgan fingerprint density at radius 2 is 1.73 bits per heavy atom. The second-order valence-electron chi connectivity index (χ2n) is 4.26. The van der Waals surface area contributed by atoms with E-state index in [1.54, 1.807) is 0 Å². The number of phenolic OH excluding ortho intramolecular Hbond substituents is 1. The molecule has 1 rings (SSSR count). The molecule has 1 aromatic carbocycles. The molecular weight excluding hydrogens is 296 g/mol. The predicted molar refractivity (Wildman–Crippen MR) is 72.3 cm³/mol. The highest BCUT2D eigenvalue weighted by molar-refractivity contribution is 5.99. The highest BCUT2D eigenvalue weighted by atomic mass is 16.4. The Balaban J connectivity index is 2.55. The van der Waals surface area contributed by atoms with E-state index in [1.165, 1.54) is 24.3 Å². The van der Waals surface area contributed by atoms with Gasteiger partial charge in [0.15, 0.2) is 0 Å². The number of rotatable bonds is 7. The number of aliphatic carboxylic acids is 2. The van der Waals surface area contributed by atoms with Crippen LogP contribution in [0.2, 0.25) is 0 Å². The van der Waals surface area contributed by atoms with E-state index in [4.69, 9.17) is 10.2 Å². The Morgan fingerprint density at radius 3 is 2.27 bits per heavy atom. The molecule has 0 bridgehead atoms. The van der Waals surface area contributed by atoms with Gasteiger partial charge in [-0.3, -0.25) is 14.4 Å². The normalized spacial score (nSPS) is 11.3. The van der Waals surface area contributed by atoms with Crippen LogP contribution in [0.5, 0.6) is 5.75 Å². The zero-order valence-corrected chi connectivity index (χ0v) is 11.3. The zero-order valence-electron chi connectivity index (χ0n) is 11.3. The Labute approximate surface area is 124 Å². The van der Waals surface area contributed by atoms with Gasteiger partial charge in [0.2, 0.25) is 5.91 Å². The number of carboxylic acids is 2. The minimum Gasteiger partial charge on any atom is -0.507 e. The number of nitrogens with one attached hydrogen (secondary N) is 2. The van der Waals surface area contributed by atoms with Crippen molar-refractivity contribution in [2.24, 2.45) is 0 Å². The molecule has 0 unspecified atom stereocenters. The Hall–Kier alpha value is -3.10. The van der Waals surface area contributed by atoms with E-state index >= 15 is 0 Å². The fraction of sp³-hybridized carbons (Fsp3) is 0.231. The summed E-state index contributed by atoms with van der Waals surface area (Å²) in [5, 5.41) is 30.9. The lowest BCUT2D eigenvalue weighted by Crippen LogP contribution is -2.46. The van der Waals surface area contributed by atoms with Gasteiger partial charge in [-0.15, -0.1) is 0 Å². The second-order valence-corrected chi connectivity index (χ2v) is 4.26. The van der Waals surface area contributed by atoms with E-state index in [-0.39, 0.29) is 11.3 Å². The molecule has 0 spiro atoms. The van der Waals surface area contributed by atoms with Crippen LogP contribution in [0.25, 0.3) is 0 Å². The quantitative estimate of drug-likeness (QED) is 0.440. The maximum Gasteiger partial charge on any atom is 0.326 e. The van der Waals surface area contributed by atoms with Gasteiger partial charge in [-0.1, -0.05) is 12.1 Å². The van der Waals surface area contributed by atoms with Crippen LogP contribution in [0.1, 0.15) is 16.8 Å². The fourth-order valence-corrected chi connectivity index (χ4v) is 1.54. The van der Waals surface area contributed by atoms with Gasteiger partial charge >= 0.3 is 11.9 Å². The molecule has 0 fully saturated rings. The van der Waals surface area contributed by atoms with Gasteiger partial charge in [0.05, 0.1) is 18.5 Å². The van der Waals surface area contributed by atoms with Crippen LogP contribution >= 0.6 is 0 Å². The second kappa shape index (κ2) is 7.62. The van der Waals surface area contributed by atoms with Crippen molar-refractivity contribution < 1.29 is 34.5 Å². The van der Waals surface area contributed by atoms with Crippen LogP contribution in [0, 0.1) is 0 Å². The third-order valence-electron chi connectivity index (χ3n) is 2.57. The minimum absolute atomic E-state index is 0.0457. The van der Waals surface area contributed by atoms with Crippen molar-refractivity contribution in [1.29, 1.82) is 0 Å². The van der Waals surface area contributed by atoms with Crippen LogP contribution in [-0.2, 0) is 14.4 Å². The van der Waals surface area contributed by atoms with Crippen LogP contribution < -0.4 is 10.6 Å². The summed E-state index contributed by atoms with van der Waals surface area (Å²) >= 11 is 0. The van der Waals surface area contributed by atoms with E-state index < -0.39 is 42.8 Å². The first-order chi connectivity index (χ1) is 10.3. The summed E-state index contributed by atoms with van der Waals surface area (Å²) in [6.07, 6.45) is -0.783. The van der Waals surface area contributed by atoms with Gasteiger partial charge in [0, 0.05) is 0 Å². The molecule has 0 aliphatic rings. The van der Waals surface area contributed by atoms with Gasteiger partial charge in [-0.05, 0) is 12.1 Å². The summed E-state index contributed by atoms with van der Waals surface area (Å²) in [4.78, 5) is 44.5. The topological polar surface area (TPSA) is 153 Å². The largest absolute Gasteiger partial charge is 0.507 e. The minimum atomic E-state index is -1.59. The van der Waals surface area contributed by atoms with E-state index in [9.17, 15) is 24.3 Å². The molecular formula is C13H14N2O7. The lowest BCUT2D eigenvalue weighted by molar-refractivity contribution is -0.147. The molecule has 1 aromatic rings. The molecule has 1 atom stereocenters. The van der Waals surface area contributed by atoms with Gasteiger partial charge in [-0.2, -0.15) is 0 Å². The number of carbonyl (C=O) groups is 4. The Morgan fingerprint density at radius 1 is 1.09 bits per heavy atom. The van der Waals surface area contributed by atoms with Crippen molar-refractivity contribution in [3.8, 4) is 5.75 Å². The average Bonchev–Trinajstić information content (AvgIpc) is 2.44. The van der Waals surface area contributed by atoms with Gasteiger partial charge in [0.1, 0.15) is 11.8 Å². The standard InChI is InChI=1S/C13H14N2O7/c16-9-4-2-1-3-7(9)12(20)14-6-10(17)15-8(13(21)22)5-11(18)19/h1-4,8,16H,5-6H2,(H,14,20)(H,15,17)(H,18,19)(H,21,22)/t8-/m0/s1. The first-order valence-electron chi connectivity index (χ1n) is 6.11. The summed E-state index contributed by atoms with van der Waals surface area (Å²) in [7, 11) is 0. The molecule has 118 valence electrons. The van der Waals surface area contributed by atoms with Crippen LogP contribution in [0.3, 0.4) is 0 Å². The molecule has 0 aliphatic heterocycles.